The largest absolute Gasteiger partial charge is 0.338 e. The summed E-state index contributed by atoms with van der Waals surface area (Å²) in [5.74, 6) is 0. The van der Waals surface area contributed by atoms with Crippen LogP contribution in [0.5, 0.6) is 0 Å². The lowest BCUT2D eigenvalue weighted by Gasteiger charge is -2.18. The summed E-state index contributed by atoms with van der Waals surface area (Å²) in [6.45, 7) is 0. The molecule has 0 fully saturated rings. The molecule has 0 unspecified atom stereocenters. The molecule has 0 N–H and O–H groups in total. The third-order valence-corrected chi connectivity index (χ3v) is 9.04. The summed E-state index contributed by atoms with van der Waals surface area (Å²) in [5, 5.41) is 4.54. The summed E-state index contributed by atoms with van der Waals surface area (Å²) in [4.78, 5) is 23.7. The molecular weight excluding hydrogens is 589 g/mol. The SMILES string of the molecule is O=c1n(-c2ccccc2)c2ccccc2n1-c1ccc(-c2c3ccccc3c(-c3cccc(-c4ccccn4)n3)c3ccccc23)cc1. The van der Waals surface area contributed by atoms with Gasteiger partial charge in [0.15, 0.2) is 0 Å². The Labute approximate surface area is 276 Å². The van der Waals surface area contributed by atoms with Crippen LogP contribution < -0.4 is 5.69 Å². The first-order chi connectivity index (χ1) is 23.8. The summed E-state index contributed by atoms with van der Waals surface area (Å²) >= 11 is 0. The molecule has 9 rings (SSSR count). The lowest BCUT2D eigenvalue weighted by atomic mass is 9.87. The van der Waals surface area contributed by atoms with E-state index in [0.717, 1.165) is 77.7 Å². The van der Waals surface area contributed by atoms with Crippen LogP contribution in [0.1, 0.15) is 0 Å². The zero-order valence-corrected chi connectivity index (χ0v) is 25.9. The second kappa shape index (κ2) is 11.3. The second-order valence-electron chi connectivity index (χ2n) is 11.8. The van der Waals surface area contributed by atoms with Gasteiger partial charge >= 0.3 is 5.69 Å². The van der Waals surface area contributed by atoms with Gasteiger partial charge in [-0.3, -0.25) is 14.1 Å². The van der Waals surface area contributed by atoms with Crippen molar-refractivity contribution in [2.24, 2.45) is 0 Å². The first-order valence-corrected chi connectivity index (χ1v) is 16.0. The lowest BCUT2D eigenvalue weighted by Crippen LogP contribution is -2.22. The van der Waals surface area contributed by atoms with Gasteiger partial charge in [0, 0.05) is 11.8 Å². The minimum Gasteiger partial charge on any atom is -0.260 e. The third kappa shape index (κ3) is 4.44. The van der Waals surface area contributed by atoms with Gasteiger partial charge in [-0.15, -0.1) is 0 Å². The highest BCUT2D eigenvalue weighted by Gasteiger charge is 2.19. The highest BCUT2D eigenvalue weighted by molar-refractivity contribution is 6.21. The van der Waals surface area contributed by atoms with Crippen molar-refractivity contribution in [3.05, 3.63) is 180 Å². The number of imidazole rings is 1. The number of hydrogen-bond acceptors (Lipinski definition) is 3. The Morgan fingerprint density at radius 1 is 0.396 bits per heavy atom. The van der Waals surface area contributed by atoms with Crippen LogP contribution in [0.3, 0.4) is 0 Å². The molecule has 226 valence electrons. The van der Waals surface area contributed by atoms with Crippen molar-refractivity contribution in [2.45, 2.75) is 0 Å². The molecule has 0 aliphatic rings. The number of hydrogen-bond donors (Lipinski definition) is 0. The maximum Gasteiger partial charge on any atom is 0.338 e. The Bertz CT molecular complexity index is 2620. The molecule has 0 aliphatic carbocycles. The number of benzene rings is 6. The fourth-order valence-corrected chi connectivity index (χ4v) is 6.95. The van der Waals surface area contributed by atoms with Gasteiger partial charge in [-0.1, -0.05) is 103 Å². The first kappa shape index (κ1) is 27.7. The van der Waals surface area contributed by atoms with Crippen LogP contribution in [0.15, 0.2) is 175 Å². The van der Waals surface area contributed by atoms with Crippen LogP contribution in [0.25, 0.3) is 77.7 Å². The van der Waals surface area contributed by atoms with E-state index in [0.29, 0.717) is 0 Å². The van der Waals surface area contributed by atoms with E-state index in [9.17, 15) is 4.79 Å². The summed E-state index contributed by atoms with van der Waals surface area (Å²) in [6.07, 6.45) is 1.80. The van der Waals surface area contributed by atoms with Crippen molar-refractivity contribution in [1.82, 2.24) is 19.1 Å². The van der Waals surface area contributed by atoms with E-state index in [1.54, 1.807) is 15.3 Å². The Balaban J connectivity index is 1.23. The molecule has 0 spiro atoms. The standard InChI is InChI=1S/C43H28N4O/c48-43-46(30-13-2-1-3-14-30)39-22-8-9-23-40(39)47(43)31-26-24-29(25-27-31)41-32-15-4-6-17-34(32)42(35-18-7-5-16-33(35)41)38-21-12-20-37(45-38)36-19-10-11-28-44-36/h1-28H. The minimum atomic E-state index is -0.101. The first-order valence-electron chi connectivity index (χ1n) is 16.0. The normalized spacial score (nSPS) is 11.4. The molecule has 9 aromatic rings. The van der Waals surface area contributed by atoms with Crippen molar-refractivity contribution >= 4 is 32.6 Å². The summed E-state index contributed by atoms with van der Waals surface area (Å²) < 4.78 is 3.57. The summed E-state index contributed by atoms with van der Waals surface area (Å²) in [6, 6.07) is 55.2. The third-order valence-electron chi connectivity index (χ3n) is 9.04. The molecule has 0 saturated carbocycles. The predicted molar refractivity (Wildman–Crippen MR) is 196 cm³/mol. The zero-order valence-electron chi connectivity index (χ0n) is 25.9. The molecule has 6 aromatic carbocycles. The molecule has 3 aromatic heterocycles. The maximum absolute atomic E-state index is 14.0. The van der Waals surface area contributed by atoms with Crippen LogP contribution in [-0.4, -0.2) is 19.1 Å². The number of fused-ring (bicyclic) bond motifs is 3. The molecule has 48 heavy (non-hydrogen) atoms. The summed E-state index contributed by atoms with van der Waals surface area (Å²) in [5.41, 5.74) is 9.19. The van der Waals surface area contributed by atoms with Gasteiger partial charge in [-0.2, -0.15) is 0 Å². The van der Waals surface area contributed by atoms with Gasteiger partial charge in [-0.25, -0.2) is 9.78 Å². The van der Waals surface area contributed by atoms with Crippen molar-refractivity contribution in [2.75, 3.05) is 0 Å². The van der Waals surface area contributed by atoms with Gasteiger partial charge < -0.3 is 0 Å². The lowest BCUT2D eigenvalue weighted by molar-refractivity contribution is 0.931. The average Bonchev–Trinajstić information content (AvgIpc) is 3.46. The number of para-hydroxylation sites is 3. The Hall–Kier alpha value is -6.59. The average molecular weight is 617 g/mol. The fraction of sp³-hybridized carbons (Fsp3) is 0. The Morgan fingerprint density at radius 3 is 1.50 bits per heavy atom. The van der Waals surface area contributed by atoms with E-state index in [4.69, 9.17) is 4.98 Å². The second-order valence-corrected chi connectivity index (χ2v) is 11.8. The number of aromatic nitrogens is 4. The van der Waals surface area contributed by atoms with Crippen LogP contribution in [0, 0.1) is 0 Å². The van der Waals surface area contributed by atoms with Crippen LogP contribution >= 0.6 is 0 Å². The molecule has 5 nitrogen and oxygen atoms in total. The minimum absolute atomic E-state index is 0.101. The van der Waals surface area contributed by atoms with E-state index in [1.807, 2.05) is 91.0 Å². The van der Waals surface area contributed by atoms with Gasteiger partial charge in [0.05, 0.1) is 39.5 Å². The molecule has 0 aliphatic heterocycles. The zero-order chi connectivity index (χ0) is 32.0. The molecule has 0 amide bonds. The molecule has 0 atom stereocenters. The molecule has 0 bridgehead atoms. The van der Waals surface area contributed by atoms with Crippen molar-refractivity contribution in [1.29, 1.82) is 0 Å². The van der Waals surface area contributed by atoms with Crippen LogP contribution in [0.2, 0.25) is 0 Å². The van der Waals surface area contributed by atoms with E-state index in [1.165, 1.54) is 0 Å². The van der Waals surface area contributed by atoms with Crippen molar-refractivity contribution < 1.29 is 0 Å². The smallest absolute Gasteiger partial charge is 0.260 e. The predicted octanol–water partition coefficient (Wildman–Crippen LogP) is 9.88. The Morgan fingerprint density at radius 2 is 0.896 bits per heavy atom. The highest BCUT2D eigenvalue weighted by Crippen LogP contribution is 2.43. The topological polar surface area (TPSA) is 52.7 Å². The number of pyridine rings is 2. The van der Waals surface area contributed by atoms with E-state index >= 15 is 0 Å². The summed E-state index contributed by atoms with van der Waals surface area (Å²) in [7, 11) is 0. The molecule has 0 radical (unpaired) electrons. The van der Waals surface area contributed by atoms with Gasteiger partial charge in [0.25, 0.3) is 0 Å². The molecule has 5 heteroatoms. The Kier molecular flexibility index (Phi) is 6.54. The van der Waals surface area contributed by atoms with Crippen molar-refractivity contribution in [3.63, 3.8) is 0 Å². The van der Waals surface area contributed by atoms with E-state index in [-0.39, 0.29) is 5.69 Å². The highest BCUT2D eigenvalue weighted by atomic mass is 16.1. The fourth-order valence-electron chi connectivity index (χ4n) is 6.95. The van der Waals surface area contributed by atoms with E-state index in [2.05, 4.69) is 77.8 Å². The number of rotatable bonds is 5. The van der Waals surface area contributed by atoms with Gasteiger partial charge in [0.2, 0.25) is 0 Å². The molecule has 0 saturated heterocycles. The van der Waals surface area contributed by atoms with Gasteiger partial charge in [0.1, 0.15) is 0 Å². The van der Waals surface area contributed by atoms with Gasteiger partial charge in [-0.05, 0) is 93.3 Å². The maximum atomic E-state index is 14.0. The van der Waals surface area contributed by atoms with Crippen LogP contribution in [0.4, 0.5) is 0 Å². The molecular formula is C43H28N4O. The van der Waals surface area contributed by atoms with Crippen LogP contribution in [-0.2, 0) is 0 Å². The monoisotopic (exact) mass is 616 g/mol. The quantitative estimate of drug-likeness (QED) is 0.181. The van der Waals surface area contributed by atoms with E-state index < -0.39 is 0 Å². The van der Waals surface area contributed by atoms with Crippen molar-refractivity contribution in [3.8, 4) is 45.1 Å². The number of nitrogens with zero attached hydrogens (tertiary/aromatic N) is 4. The molecule has 3 heterocycles.